The molecule has 4 heteroatoms. The number of nitrogens with zero attached hydrogens (tertiary/aromatic N) is 2. The zero-order valence-corrected chi connectivity index (χ0v) is 16.0. The van der Waals surface area contributed by atoms with E-state index in [1.807, 2.05) is 7.11 Å². The van der Waals surface area contributed by atoms with Crippen LogP contribution in [0, 0.1) is 5.92 Å². The molecule has 2 aliphatic rings. The van der Waals surface area contributed by atoms with Gasteiger partial charge >= 0.3 is 0 Å². The van der Waals surface area contributed by atoms with Crippen molar-refractivity contribution in [2.75, 3.05) is 27.3 Å². The van der Waals surface area contributed by atoms with Crippen LogP contribution in [-0.4, -0.2) is 47.9 Å². The van der Waals surface area contributed by atoms with Gasteiger partial charge in [0.2, 0.25) is 0 Å². The van der Waals surface area contributed by atoms with E-state index in [1.54, 1.807) is 0 Å². The lowest BCUT2D eigenvalue weighted by Gasteiger charge is -2.52. The van der Waals surface area contributed by atoms with Gasteiger partial charge in [0.15, 0.2) is 0 Å². The van der Waals surface area contributed by atoms with Gasteiger partial charge in [-0.05, 0) is 63.8 Å². The molecule has 0 saturated carbocycles. The molecule has 1 unspecified atom stereocenters. The van der Waals surface area contributed by atoms with Gasteiger partial charge in [-0.3, -0.25) is 4.90 Å². The fourth-order valence-electron chi connectivity index (χ4n) is 5.22. The standard InChI is InChI=1S/C21H30N2O2/c1-20(2,3)23-12-15-9-18-21(25-5,10-14(13-24)11-22(18)4)16-7-6-8-17(23)19(15)16/h6-8,12,14,18,24H,9-11,13H2,1-5H3/t14?,18-,21+/m1/s1. The summed E-state index contributed by atoms with van der Waals surface area (Å²) in [5.41, 5.74) is 3.73. The molecule has 0 radical (unpaired) electrons. The SMILES string of the molecule is CO[C@]12CC(CO)CN(C)[C@@H]1Cc1cn(C(C)(C)C)c3cccc2c13. The van der Waals surface area contributed by atoms with E-state index in [2.05, 4.69) is 61.7 Å². The van der Waals surface area contributed by atoms with Crippen LogP contribution in [0.15, 0.2) is 24.4 Å². The molecule has 1 aromatic carbocycles. The Morgan fingerprint density at radius 3 is 2.72 bits per heavy atom. The molecular weight excluding hydrogens is 312 g/mol. The summed E-state index contributed by atoms with van der Waals surface area (Å²) in [5.74, 6) is 0.253. The quantitative estimate of drug-likeness (QED) is 0.911. The van der Waals surface area contributed by atoms with Gasteiger partial charge in [0, 0.05) is 48.9 Å². The molecule has 25 heavy (non-hydrogen) atoms. The molecule has 0 bridgehead atoms. The summed E-state index contributed by atoms with van der Waals surface area (Å²) < 4.78 is 8.67. The summed E-state index contributed by atoms with van der Waals surface area (Å²) in [4.78, 5) is 2.39. The third kappa shape index (κ3) is 2.31. The molecular formula is C21H30N2O2. The molecule has 4 rings (SSSR count). The normalized spacial score (nSPS) is 29.8. The number of aromatic nitrogens is 1. The highest BCUT2D eigenvalue weighted by Gasteiger charge is 2.51. The molecule has 4 nitrogen and oxygen atoms in total. The van der Waals surface area contributed by atoms with E-state index in [-0.39, 0.29) is 23.7 Å². The van der Waals surface area contributed by atoms with Crippen LogP contribution in [0.4, 0.5) is 0 Å². The molecule has 0 amide bonds. The maximum atomic E-state index is 9.82. The summed E-state index contributed by atoms with van der Waals surface area (Å²) in [6.45, 7) is 7.92. The molecule has 2 heterocycles. The molecule has 2 aromatic rings. The molecule has 1 aliphatic heterocycles. The number of hydrogen-bond donors (Lipinski definition) is 1. The highest BCUT2D eigenvalue weighted by Crippen LogP contribution is 2.50. The van der Waals surface area contributed by atoms with Crippen molar-refractivity contribution in [3.05, 3.63) is 35.5 Å². The van der Waals surface area contributed by atoms with Gasteiger partial charge in [-0.25, -0.2) is 0 Å². The first-order chi connectivity index (χ1) is 11.8. The van der Waals surface area contributed by atoms with E-state index >= 15 is 0 Å². The van der Waals surface area contributed by atoms with Gasteiger partial charge in [0.1, 0.15) is 5.60 Å². The molecule has 1 aromatic heterocycles. The monoisotopic (exact) mass is 342 g/mol. The van der Waals surface area contributed by atoms with Crippen molar-refractivity contribution in [2.45, 2.75) is 50.8 Å². The van der Waals surface area contributed by atoms with Gasteiger partial charge < -0.3 is 14.4 Å². The van der Waals surface area contributed by atoms with Gasteiger partial charge in [-0.1, -0.05) is 12.1 Å². The molecule has 1 saturated heterocycles. The van der Waals surface area contributed by atoms with Crippen LogP contribution >= 0.6 is 0 Å². The van der Waals surface area contributed by atoms with E-state index in [0.717, 1.165) is 19.4 Å². The summed E-state index contributed by atoms with van der Waals surface area (Å²) in [5, 5.41) is 11.2. The number of benzene rings is 1. The zero-order valence-electron chi connectivity index (χ0n) is 16.0. The summed E-state index contributed by atoms with van der Waals surface area (Å²) in [7, 11) is 4.01. The molecule has 1 aliphatic carbocycles. The van der Waals surface area contributed by atoms with Gasteiger partial charge in [0.25, 0.3) is 0 Å². The molecule has 1 fully saturated rings. The predicted octanol–water partition coefficient (Wildman–Crippen LogP) is 3.11. The number of likely N-dealkylation sites (tertiary alicyclic amines) is 1. The Kier molecular flexibility index (Phi) is 3.80. The number of fused-ring (bicyclic) bond motifs is 2. The van der Waals surface area contributed by atoms with E-state index in [4.69, 9.17) is 4.74 Å². The van der Waals surface area contributed by atoms with Crippen LogP contribution in [0.1, 0.15) is 38.3 Å². The largest absolute Gasteiger partial charge is 0.396 e. The number of rotatable bonds is 2. The lowest BCUT2D eigenvalue weighted by Crippen LogP contribution is -2.59. The fourth-order valence-corrected chi connectivity index (χ4v) is 5.22. The Labute approximate surface area is 150 Å². The van der Waals surface area contributed by atoms with Crippen molar-refractivity contribution in [3.8, 4) is 0 Å². The van der Waals surface area contributed by atoms with Crippen molar-refractivity contribution in [2.24, 2.45) is 5.92 Å². The van der Waals surface area contributed by atoms with Crippen LogP contribution in [0.25, 0.3) is 10.9 Å². The first kappa shape index (κ1) is 17.1. The van der Waals surface area contributed by atoms with E-state index in [1.165, 1.54) is 22.0 Å². The van der Waals surface area contributed by atoms with Crippen LogP contribution in [0.5, 0.6) is 0 Å². The van der Waals surface area contributed by atoms with Crippen molar-refractivity contribution in [3.63, 3.8) is 0 Å². The molecule has 0 spiro atoms. The summed E-state index contributed by atoms with van der Waals surface area (Å²) in [6, 6.07) is 6.94. The van der Waals surface area contributed by atoms with E-state index in [9.17, 15) is 5.11 Å². The second-order valence-electron chi connectivity index (χ2n) is 8.90. The molecule has 3 atom stereocenters. The third-order valence-corrected chi connectivity index (χ3v) is 6.33. The topological polar surface area (TPSA) is 37.6 Å². The lowest BCUT2D eigenvalue weighted by atomic mass is 9.69. The second kappa shape index (κ2) is 5.57. The van der Waals surface area contributed by atoms with E-state index in [0.29, 0.717) is 6.04 Å². The van der Waals surface area contributed by atoms with Crippen LogP contribution in [0.2, 0.25) is 0 Å². The lowest BCUT2D eigenvalue weighted by molar-refractivity contribution is -0.130. The number of aliphatic hydroxyl groups excluding tert-OH is 1. The highest BCUT2D eigenvalue weighted by atomic mass is 16.5. The van der Waals surface area contributed by atoms with Crippen molar-refractivity contribution in [1.29, 1.82) is 0 Å². The summed E-state index contributed by atoms with van der Waals surface area (Å²) >= 11 is 0. The number of piperidine rings is 1. The maximum Gasteiger partial charge on any atom is 0.110 e. The number of hydrogen-bond acceptors (Lipinski definition) is 3. The van der Waals surface area contributed by atoms with Crippen LogP contribution in [0.3, 0.4) is 0 Å². The Balaban J connectivity index is 1.99. The average Bonchev–Trinajstić information content (AvgIpc) is 2.96. The van der Waals surface area contributed by atoms with Crippen molar-refractivity contribution < 1.29 is 9.84 Å². The Morgan fingerprint density at radius 1 is 1.32 bits per heavy atom. The maximum absolute atomic E-state index is 9.82. The van der Waals surface area contributed by atoms with Gasteiger partial charge in [-0.15, -0.1) is 0 Å². The highest BCUT2D eigenvalue weighted by molar-refractivity contribution is 5.90. The Morgan fingerprint density at radius 2 is 2.08 bits per heavy atom. The second-order valence-corrected chi connectivity index (χ2v) is 8.90. The summed E-state index contributed by atoms with van der Waals surface area (Å²) in [6.07, 6.45) is 4.23. The smallest absolute Gasteiger partial charge is 0.110 e. The average molecular weight is 342 g/mol. The third-order valence-electron chi connectivity index (χ3n) is 6.33. The Hall–Kier alpha value is -1.36. The number of aliphatic hydroxyl groups is 1. The van der Waals surface area contributed by atoms with Crippen molar-refractivity contribution >= 4 is 10.9 Å². The minimum Gasteiger partial charge on any atom is -0.396 e. The first-order valence-electron chi connectivity index (χ1n) is 9.32. The number of likely N-dealkylation sites (N-methyl/N-ethyl adjacent to an activating group) is 1. The van der Waals surface area contributed by atoms with Crippen molar-refractivity contribution in [1.82, 2.24) is 9.47 Å². The van der Waals surface area contributed by atoms with Gasteiger partial charge in [0.05, 0.1) is 0 Å². The minimum absolute atomic E-state index is 0.0460. The zero-order chi connectivity index (χ0) is 18.0. The number of ether oxygens (including phenoxy) is 1. The number of methoxy groups -OCH3 is 1. The van der Waals surface area contributed by atoms with Crippen LogP contribution < -0.4 is 0 Å². The molecule has 1 N–H and O–H groups in total. The Bertz CT molecular complexity index is 804. The van der Waals surface area contributed by atoms with E-state index < -0.39 is 0 Å². The van der Waals surface area contributed by atoms with Crippen LogP contribution in [-0.2, 0) is 22.3 Å². The first-order valence-corrected chi connectivity index (χ1v) is 9.32. The predicted molar refractivity (Wildman–Crippen MR) is 101 cm³/mol. The molecule has 136 valence electrons. The van der Waals surface area contributed by atoms with Gasteiger partial charge in [-0.2, -0.15) is 0 Å². The fraction of sp³-hybridized carbons (Fsp3) is 0.619. The minimum atomic E-state index is -0.336.